The van der Waals surface area contributed by atoms with E-state index < -0.39 is 0 Å². The molecule has 126 valence electrons. The molecule has 0 unspecified atom stereocenters. The number of aliphatic imine (C=N–C) groups is 1. The molecule has 5 heteroatoms. The summed E-state index contributed by atoms with van der Waals surface area (Å²) < 4.78 is 5.71. The Balaban J connectivity index is 0.00000441. The minimum Gasteiger partial charge on any atom is -0.493 e. The summed E-state index contributed by atoms with van der Waals surface area (Å²) >= 11 is 0. The van der Waals surface area contributed by atoms with Gasteiger partial charge in [-0.15, -0.1) is 24.0 Å². The highest BCUT2D eigenvalue weighted by molar-refractivity contribution is 14.0. The number of nitrogens with zero attached hydrogens (tertiary/aromatic N) is 1. The monoisotopic (exact) mass is 419 g/mol. The molecule has 0 aliphatic carbocycles. The van der Waals surface area contributed by atoms with Crippen molar-refractivity contribution in [3.05, 3.63) is 29.8 Å². The molecule has 1 rings (SSSR count). The second kappa shape index (κ2) is 11.6. The maximum atomic E-state index is 5.85. The number of halogens is 1. The van der Waals surface area contributed by atoms with Gasteiger partial charge in [-0.05, 0) is 36.0 Å². The van der Waals surface area contributed by atoms with Crippen LogP contribution in [0.1, 0.15) is 39.7 Å². The van der Waals surface area contributed by atoms with Gasteiger partial charge in [0.15, 0.2) is 5.96 Å². The van der Waals surface area contributed by atoms with Gasteiger partial charge in [0.1, 0.15) is 5.75 Å². The van der Waals surface area contributed by atoms with Gasteiger partial charge in [0, 0.05) is 6.54 Å². The summed E-state index contributed by atoms with van der Waals surface area (Å²) in [5.74, 6) is 2.58. The summed E-state index contributed by atoms with van der Waals surface area (Å²) in [4.78, 5) is 4.36. The van der Waals surface area contributed by atoms with Crippen molar-refractivity contribution in [1.82, 2.24) is 5.32 Å². The molecule has 0 bridgehead atoms. The van der Waals surface area contributed by atoms with Crippen molar-refractivity contribution in [2.24, 2.45) is 22.6 Å². The third-order valence-corrected chi connectivity index (χ3v) is 2.94. The summed E-state index contributed by atoms with van der Waals surface area (Å²) in [5.41, 5.74) is 6.95. The largest absolute Gasteiger partial charge is 0.493 e. The van der Waals surface area contributed by atoms with Crippen LogP contribution in [0.5, 0.6) is 5.75 Å². The summed E-state index contributed by atoms with van der Waals surface area (Å²) in [6, 6.07) is 8.02. The van der Waals surface area contributed by atoms with E-state index in [9.17, 15) is 0 Å². The first kappa shape index (κ1) is 21.0. The topological polar surface area (TPSA) is 59.6 Å². The molecule has 0 fully saturated rings. The molecule has 0 saturated heterocycles. The molecular formula is C17H30IN3O. The normalized spacial score (nSPS) is 11.5. The smallest absolute Gasteiger partial charge is 0.188 e. The van der Waals surface area contributed by atoms with Crippen LogP contribution in [0.2, 0.25) is 0 Å². The lowest BCUT2D eigenvalue weighted by molar-refractivity contribution is 0.271. The Bertz CT molecular complexity index is 447. The highest BCUT2D eigenvalue weighted by Gasteiger charge is 2.00. The Morgan fingerprint density at radius 2 is 1.95 bits per heavy atom. The van der Waals surface area contributed by atoms with E-state index in [1.54, 1.807) is 0 Å². The Kier molecular flexibility index (Phi) is 11.1. The van der Waals surface area contributed by atoms with Crippen LogP contribution in [-0.4, -0.2) is 19.1 Å². The van der Waals surface area contributed by atoms with Gasteiger partial charge in [-0.1, -0.05) is 39.8 Å². The molecule has 1 aromatic carbocycles. The molecule has 0 spiro atoms. The van der Waals surface area contributed by atoms with Gasteiger partial charge in [-0.25, -0.2) is 4.99 Å². The minimum absolute atomic E-state index is 0. The number of guanidine groups is 1. The first-order chi connectivity index (χ1) is 9.97. The predicted octanol–water partition coefficient (Wildman–Crippen LogP) is 3.79. The van der Waals surface area contributed by atoms with Crippen LogP contribution in [-0.2, 0) is 6.54 Å². The van der Waals surface area contributed by atoms with Crippen LogP contribution in [0.4, 0.5) is 0 Å². The minimum atomic E-state index is 0. The van der Waals surface area contributed by atoms with Crippen LogP contribution in [0, 0.1) is 11.8 Å². The van der Waals surface area contributed by atoms with Gasteiger partial charge >= 0.3 is 0 Å². The number of benzene rings is 1. The van der Waals surface area contributed by atoms with E-state index in [0.717, 1.165) is 30.9 Å². The number of hydrogen-bond acceptors (Lipinski definition) is 2. The summed E-state index contributed by atoms with van der Waals surface area (Å²) in [7, 11) is 0. The third-order valence-electron chi connectivity index (χ3n) is 2.94. The molecule has 0 amide bonds. The number of hydrogen-bond donors (Lipinski definition) is 2. The van der Waals surface area contributed by atoms with Crippen molar-refractivity contribution in [3.63, 3.8) is 0 Å². The highest BCUT2D eigenvalue weighted by atomic mass is 127. The highest BCUT2D eigenvalue weighted by Crippen LogP contribution is 2.15. The van der Waals surface area contributed by atoms with Gasteiger partial charge < -0.3 is 15.8 Å². The van der Waals surface area contributed by atoms with Crippen molar-refractivity contribution in [2.45, 2.75) is 40.7 Å². The van der Waals surface area contributed by atoms with E-state index in [0.29, 0.717) is 24.3 Å². The first-order valence-corrected chi connectivity index (χ1v) is 7.73. The van der Waals surface area contributed by atoms with Gasteiger partial charge in [-0.2, -0.15) is 0 Å². The van der Waals surface area contributed by atoms with Gasteiger partial charge in [0.2, 0.25) is 0 Å². The average molecular weight is 419 g/mol. The van der Waals surface area contributed by atoms with E-state index >= 15 is 0 Å². The Hall–Kier alpha value is -0.980. The molecule has 0 radical (unpaired) electrons. The summed E-state index contributed by atoms with van der Waals surface area (Å²) in [5, 5.41) is 3.14. The van der Waals surface area contributed by atoms with Crippen LogP contribution >= 0.6 is 24.0 Å². The summed E-state index contributed by atoms with van der Waals surface area (Å²) in [6.45, 7) is 10.8. The quantitative estimate of drug-likeness (QED) is 0.383. The van der Waals surface area contributed by atoms with E-state index in [4.69, 9.17) is 10.5 Å². The number of nitrogens with two attached hydrogens (primary N) is 1. The summed E-state index contributed by atoms with van der Waals surface area (Å²) in [6.07, 6.45) is 1.09. The third kappa shape index (κ3) is 9.87. The lowest BCUT2D eigenvalue weighted by atomic mass is 10.1. The first-order valence-electron chi connectivity index (χ1n) is 7.73. The van der Waals surface area contributed by atoms with Crippen molar-refractivity contribution >= 4 is 29.9 Å². The standard InChI is InChI=1S/C17H29N3O.HI/c1-13(2)8-9-19-17(18)20-11-15-6-5-7-16(10-15)21-12-14(3)4;/h5-7,10,13-14H,8-9,11-12H2,1-4H3,(H3,18,19,20);1H. The van der Waals surface area contributed by atoms with E-state index in [2.05, 4.69) is 38.0 Å². The van der Waals surface area contributed by atoms with Crippen molar-refractivity contribution < 1.29 is 4.74 Å². The van der Waals surface area contributed by atoms with Gasteiger partial charge in [-0.3, -0.25) is 0 Å². The zero-order valence-corrected chi connectivity index (χ0v) is 16.5. The fourth-order valence-electron chi connectivity index (χ4n) is 1.72. The molecule has 0 aromatic heterocycles. The maximum absolute atomic E-state index is 5.85. The molecule has 1 aromatic rings. The molecule has 3 N–H and O–H groups in total. The number of nitrogens with one attached hydrogen (secondary N) is 1. The van der Waals surface area contributed by atoms with E-state index in [1.807, 2.05) is 24.3 Å². The molecular weight excluding hydrogens is 389 g/mol. The molecule has 0 atom stereocenters. The van der Waals surface area contributed by atoms with Crippen molar-refractivity contribution in [3.8, 4) is 5.75 Å². The van der Waals surface area contributed by atoms with E-state index in [-0.39, 0.29) is 24.0 Å². The van der Waals surface area contributed by atoms with Crippen LogP contribution in [0.15, 0.2) is 29.3 Å². The average Bonchev–Trinajstić information content (AvgIpc) is 2.43. The Labute approximate surface area is 151 Å². The predicted molar refractivity (Wildman–Crippen MR) is 105 cm³/mol. The SMILES string of the molecule is CC(C)CCNC(N)=NCc1cccc(OCC(C)C)c1.I. The Morgan fingerprint density at radius 3 is 2.59 bits per heavy atom. The lowest BCUT2D eigenvalue weighted by Gasteiger charge is -2.10. The Morgan fingerprint density at radius 1 is 1.23 bits per heavy atom. The number of rotatable bonds is 8. The van der Waals surface area contributed by atoms with Crippen molar-refractivity contribution in [2.75, 3.05) is 13.2 Å². The van der Waals surface area contributed by atoms with Crippen LogP contribution in [0.25, 0.3) is 0 Å². The zero-order chi connectivity index (χ0) is 15.7. The van der Waals surface area contributed by atoms with Gasteiger partial charge in [0.25, 0.3) is 0 Å². The molecule has 0 aliphatic heterocycles. The molecule has 0 heterocycles. The maximum Gasteiger partial charge on any atom is 0.188 e. The van der Waals surface area contributed by atoms with Crippen molar-refractivity contribution in [1.29, 1.82) is 0 Å². The van der Waals surface area contributed by atoms with Gasteiger partial charge in [0.05, 0.1) is 13.2 Å². The molecule has 0 saturated carbocycles. The fraction of sp³-hybridized carbons (Fsp3) is 0.588. The fourth-order valence-corrected chi connectivity index (χ4v) is 1.72. The van der Waals surface area contributed by atoms with E-state index in [1.165, 1.54) is 0 Å². The second-order valence-electron chi connectivity index (χ2n) is 6.16. The zero-order valence-electron chi connectivity index (χ0n) is 14.1. The molecule has 22 heavy (non-hydrogen) atoms. The number of ether oxygens (including phenoxy) is 1. The second-order valence-corrected chi connectivity index (χ2v) is 6.16. The molecule has 0 aliphatic rings. The van der Waals surface area contributed by atoms with Crippen LogP contribution in [0.3, 0.4) is 0 Å². The van der Waals surface area contributed by atoms with Crippen LogP contribution < -0.4 is 15.8 Å². The molecule has 4 nitrogen and oxygen atoms in total. The lowest BCUT2D eigenvalue weighted by Crippen LogP contribution is -2.32.